The third-order valence-corrected chi connectivity index (χ3v) is 2.29. The summed E-state index contributed by atoms with van der Waals surface area (Å²) >= 11 is 0. The lowest BCUT2D eigenvalue weighted by Crippen LogP contribution is -2.19. The Kier molecular flexibility index (Phi) is 5.81. The number of ether oxygens (including phenoxy) is 1. The minimum atomic E-state index is 0.869. The number of hydrogen-bond acceptors (Lipinski definition) is 3. The van der Waals surface area contributed by atoms with E-state index in [-0.39, 0.29) is 0 Å². The Bertz CT molecular complexity index is 276. The molecule has 15 heavy (non-hydrogen) atoms. The second kappa shape index (κ2) is 7.26. The Morgan fingerprint density at radius 2 is 2.00 bits per heavy atom. The molecule has 1 aromatic rings. The van der Waals surface area contributed by atoms with E-state index in [9.17, 15) is 0 Å². The van der Waals surface area contributed by atoms with E-state index in [1.54, 1.807) is 7.11 Å². The zero-order valence-corrected chi connectivity index (χ0v) is 9.55. The second-order valence-electron chi connectivity index (χ2n) is 3.45. The van der Waals surface area contributed by atoms with E-state index in [1.165, 1.54) is 5.56 Å². The van der Waals surface area contributed by atoms with Gasteiger partial charge in [0.15, 0.2) is 0 Å². The van der Waals surface area contributed by atoms with E-state index >= 15 is 0 Å². The summed E-state index contributed by atoms with van der Waals surface area (Å²) in [6.45, 7) is 2.95. The van der Waals surface area contributed by atoms with Crippen LogP contribution in [-0.2, 0) is 6.54 Å². The van der Waals surface area contributed by atoms with Gasteiger partial charge in [0.2, 0.25) is 0 Å². The summed E-state index contributed by atoms with van der Waals surface area (Å²) in [7, 11) is 3.68. The Morgan fingerprint density at radius 3 is 2.73 bits per heavy atom. The van der Waals surface area contributed by atoms with Crippen LogP contribution in [0.2, 0.25) is 0 Å². The van der Waals surface area contributed by atoms with Crippen LogP contribution in [0.15, 0.2) is 24.3 Å². The molecule has 0 spiro atoms. The van der Waals surface area contributed by atoms with Crippen molar-refractivity contribution >= 4 is 0 Å². The van der Waals surface area contributed by atoms with Gasteiger partial charge in [0.1, 0.15) is 5.75 Å². The number of para-hydroxylation sites is 1. The average molecular weight is 208 g/mol. The van der Waals surface area contributed by atoms with Crippen molar-refractivity contribution in [2.45, 2.75) is 13.0 Å². The largest absolute Gasteiger partial charge is 0.496 e. The number of methoxy groups -OCH3 is 1. The molecule has 0 unspecified atom stereocenters. The summed E-state index contributed by atoms with van der Waals surface area (Å²) in [4.78, 5) is 0. The fourth-order valence-corrected chi connectivity index (χ4v) is 1.46. The minimum absolute atomic E-state index is 0.869. The minimum Gasteiger partial charge on any atom is -0.496 e. The van der Waals surface area contributed by atoms with Crippen molar-refractivity contribution in [3.05, 3.63) is 29.8 Å². The first-order chi connectivity index (χ1) is 7.38. The van der Waals surface area contributed by atoms with Gasteiger partial charge in [0.05, 0.1) is 7.11 Å². The van der Waals surface area contributed by atoms with E-state index in [0.29, 0.717) is 0 Å². The Hall–Kier alpha value is -1.06. The van der Waals surface area contributed by atoms with Crippen molar-refractivity contribution in [1.29, 1.82) is 0 Å². The summed E-state index contributed by atoms with van der Waals surface area (Å²) in [5.41, 5.74) is 1.21. The van der Waals surface area contributed by atoms with Crippen LogP contribution >= 0.6 is 0 Å². The molecule has 0 radical (unpaired) electrons. The second-order valence-corrected chi connectivity index (χ2v) is 3.45. The standard InChI is InChI=1S/C12H20N2O/c1-13-8-5-9-14-10-11-6-3-4-7-12(11)15-2/h3-4,6-7,13-14H,5,8-10H2,1-2H3. The van der Waals surface area contributed by atoms with Crippen molar-refractivity contribution in [3.63, 3.8) is 0 Å². The van der Waals surface area contributed by atoms with Crippen LogP contribution < -0.4 is 15.4 Å². The summed E-state index contributed by atoms with van der Waals surface area (Å²) in [6.07, 6.45) is 1.14. The first-order valence-electron chi connectivity index (χ1n) is 5.35. The molecular formula is C12H20N2O. The van der Waals surface area contributed by atoms with Gasteiger partial charge >= 0.3 is 0 Å². The van der Waals surface area contributed by atoms with Crippen molar-refractivity contribution in [3.8, 4) is 5.75 Å². The first-order valence-corrected chi connectivity index (χ1v) is 5.35. The highest BCUT2D eigenvalue weighted by atomic mass is 16.5. The van der Waals surface area contributed by atoms with E-state index in [4.69, 9.17) is 4.74 Å². The van der Waals surface area contributed by atoms with Crippen molar-refractivity contribution in [1.82, 2.24) is 10.6 Å². The highest BCUT2D eigenvalue weighted by Crippen LogP contribution is 2.16. The molecule has 0 fully saturated rings. The predicted octanol–water partition coefficient (Wildman–Crippen LogP) is 1.39. The number of nitrogens with one attached hydrogen (secondary N) is 2. The molecule has 3 heteroatoms. The fraction of sp³-hybridized carbons (Fsp3) is 0.500. The zero-order chi connectivity index (χ0) is 10.9. The lowest BCUT2D eigenvalue weighted by molar-refractivity contribution is 0.407. The zero-order valence-electron chi connectivity index (χ0n) is 9.55. The highest BCUT2D eigenvalue weighted by molar-refractivity contribution is 5.32. The molecule has 2 N–H and O–H groups in total. The van der Waals surface area contributed by atoms with E-state index in [0.717, 1.165) is 31.8 Å². The molecule has 84 valence electrons. The van der Waals surface area contributed by atoms with Crippen molar-refractivity contribution < 1.29 is 4.74 Å². The molecule has 0 saturated heterocycles. The molecular weight excluding hydrogens is 188 g/mol. The predicted molar refractivity (Wildman–Crippen MR) is 63.2 cm³/mol. The molecule has 0 aliphatic carbocycles. The molecule has 0 bridgehead atoms. The Morgan fingerprint density at radius 1 is 1.20 bits per heavy atom. The number of benzene rings is 1. The van der Waals surface area contributed by atoms with Crippen molar-refractivity contribution in [2.75, 3.05) is 27.2 Å². The normalized spacial score (nSPS) is 10.3. The van der Waals surface area contributed by atoms with Gasteiger partial charge in [-0.25, -0.2) is 0 Å². The van der Waals surface area contributed by atoms with Gasteiger partial charge in [-0.1, -0.05) is 18.2 Å². The van der Waals surface area contributed by atoms with Gasteiger partial charge in [-0.15, -0.1) is 0 Å². The van der Waals surface area contributed by atoms with Crippen LogP contribution in [0.4, 0.5) is 0 Å². The van der Waals surface area contributed by atoms with E-state index in [1.807, 2.05) is 25.2 Å². The van der Waals surface area contributed by atoms with Gasteiger partial charge in [-0.3, -0.25) is 0 Å². The van der Waals surface area contributed by atoms with Crippen LogP contribution in [-0.4, -0.2) is 27.2 Å². The maximum atomic E-state index is 5.27. The van der Waals surface area contributed by atoms with Gasteiger partial charge in [0, 0.05) is 12.1 Å². The molecule has 0 aliphatic rings. The summed E-state index contributed by atoms with van der Waals surface area (Å²) in [5, 5.41) is 6.52. The third-order valence-electron chi connectivity index (χ3n) is 2.29. The molecule has 0 aliphatic heterocycles. The lowest BCUT2D eigenvalue weighted by atomic mass is 10.2. The average Bonchev–Trinajstić information content (AvgIpc) is 2.29. The monoisotopic (exact) mass is 208 g/mol. The van der Waals surface area contributed by atoms with Crippen LogP contribution in [0.3, 0.4) is 0 Å². The molecule has 3 nitrogen and oxygen atoms in total. The Balaban J connectivity index is 2.30. The maximum Gasteiger partial charge on any atom is 0.123 e. The molecule has 1 rings (SSSR count). The molecule has 0 atom stereocenters. The third kappa shape index (κ3) is 4.32. The molecule has 0 aromatic heterocycles. The van der Waals surface area contributed by atoms with Gasteiger partial charge in [0.25, 0.3) is 0 Å². The van der Waals surface area contributed by atoms with Gasteiger partial charge in [-0.05, 0) is 32.6 Å². The topological polar surface area (TPSA) is 33.3 Å². The molecule has 0 saturated carbocycles. The SMILES string of the molecule is CNCCCNCc1ccccc1OC. The van der Waals surface area contributed by atoms with E-state index in [2.05, 4.69) is 16.7 Å². The number of hydrogen-bond donors (Lipinski definition) is 2. The van der Waals surface area contributed by atoms with Crippen LogP contribution in [0, 0.1) is 0 Å². The van der Waals surface area contributed by atoms with Crippen molar-refractivity contribution in [2.24, 2.45) is 0 Å². The fourth-order valence-electron chi connectivity index (χ4n) is 1.46. The molecule has 0 heterocycles. The molecule has 1 aromatic carbocycles. The van der Waals surface area contributed by atoms with Gasteiger partial charge < -0.3 is 15.4 Å². The summed E-state index contributed by atoms with van der Waals surface area (Å²) in [5.74, 6) is 0.957. The van der Waals surface area contributed by atoms with Crippen LogP contribution in [0.5, 0.6) is 5.75 Å². The maximum absolute atomic E-state index is 5.27. The van der Waals surface area contributed by atoms with Gasteiger partial charge in [-0.2, -0.15) is 0 Å². The lowest BCUT2D eigenvalue weighted by Gasteiger charge is -2.09. The number of rotatable bonds is 7. The quantitative estimate of drug-likeness (QED) is 0.664. The smallest absolute Gasteiger partial charge is 0.123 e. The van der Waals surface area contributed by atoms with Crippen LogP contribution in [0.1, 0.15) is 12.0 Å². The Labute approximate surface area is 91.8 Å². The first kappa shape index (κ1) is 12.0. The summed E-state index contributed by atoms with van der Waals surface area (Å²) < 4.78 is 5.27. The van der Waals surface area contributed by atoms with E-state index < -0.39 is 0 Å². The molecule has 0 amide bonds. The summed E-state index contributed by atoms with van der Waals surface area (Å²) in [6, 6.07) is 8.10. The highest BCUT2D eigenvalue weighted by Gasteiger charge is 1.99. The van der Waals surface area contributed by atoms with Crippen LogP contribution in [0.25, 0.3) is 0 Å².